The summed E-state index contributed by atoms with van der Waals surface area (Å²) >= 11 is 0. The molecular formula is C27H23F6N7O3. The number of halogens is 6. The lowest BCUT2D eigenvalue weighted by molar-refractivity contribution is -0.137. The average molecular weight is 608 g/mol. The highest BCUT2D eigenvalue weighted by atomic mass is 19.4. The number of aryl methyl sites for hydroxylation is 1. The molecule has 0 saturated heterocycles. The molecule has 0 fully saturated rings. The van der Waals surface area contributed by atoms with Crippen LogP contribution in [0, 0.1) is 11.6 Å². The predicted molar refractivity (Wildman–Crippen MR) is 139 cm³/mol. The minimum Gasteiger partial charge on any atom is -0.346 e. The Labute approximate surface area is 239 Å². The molecule has 10 nitrogen and oxygen atoms in total. The molecule has 16 heteroatoms. The fraction of sp³-hybridized carbons (Fsp3) is 0.259. The van der Waals surface area contributed by atoms with Crippen molar-refractivity contribution in [2.45, 2.75) is 44.8 Å². The molecule has 1 unspecified atom stereocenters. The minimum atomic E-state index is -4.59. The molecule has 1 atom stereocenters. The molecular weight excluding hydrogens is 584 g/mol. The van der Waals surface area contributed by atoms with Gasteiger partial charge in [0.05, 0.1) is 30.4 Å². The molecule has 3 aromatic heterocycles. The van der Waals surface area contributed by atoms with Crippen LogP contribution in [0.1, 0.15) is 33.6 Å². The van der Waals surface area contributed by atoms with Crippen molar-refractivity contribution in [3.8, 4) is 0 Å². The highest BCUT2D eigenvalue weighted by Gasteiger charge is 2.31. The number of carbonyl (C=O) groups is 2. The zero-order valence-corrected chi connectivity index (χ0v) is 22.1. The van der Waals surface area contributed by atoms with Crippen LogP contribution in [0.3, 0.4) is 0 Å². The molecule has 3 heterocycles. The predicted octanol–water partition coefficient (Wildman–Crippen LogP) is 3.67. The molecule has 0 bridgehead atoms. The van der Waals surface area contributed by atoms with Crippen LogP contribution in [0.15, 0.2) is 66.0 Å². The summed E-state index contributed by atoms with van der Waals surface area (Å²) < 4.78 is 83.4. The molecule has 0 aliphatic carbocycles. The molecule has 4 rings (SSSR count). The quantitative estimate of drug-likeness (QED) is 0.251. The van der Waals surface area contributed by atoms with Gasteiger partial charge in [0.25, 0.3) is 11.5 Å². The monoisotopic (exact) mass is 607 g/mol. The van der Waals surface area contributed by atoms with Crippen molar-refractivity contribution in [2.24, 2.45) is 0 Å². The van der Waals surface area contributed by atoms with Crippen molar-refractivity contribution < 1.29 is 35.9 Å². The first-order valence-corrected chi connectivity index (χ1v) is 12.7. The Morgan fingerprint density at radius 3 is 2.58 bits per heavy atom. The number of carbonyl (C=O) groups excluding carboxylic acids is 2. The number of nitrogens with zero attached hydrogens (tertiary/aromatic N) is 5. The van der Waals surface area contributed by atoms with Crippen molar-refractivity contribution in [3.63, 3.8) is 0 Å². The molecule has 1 aromatic carbocycles. The SMILES string of the molecule is O=C(Cc1ccccc1F)Nc1ccn(CCC(F)Cn2cc(C(=O)NCc3cncc(C(F)(F)F)c3)nn2)c(=O)c1F. The van der Waals surface area contributed by atoms with E-state index in [1.54, 1.807) is 0 Å². The van der Waals surface area contributed by atoms with E-state index in [-0.39, 0.29) is 49.3 Å². The second-order valence-corrected chi connectivity index (χ2v) is 9.33. The Bertz CT molecular complexity index is 1670. The Kier molecular flexibility index (Phi) is 9.57. The van der Waals surface area contributed by atoms with E-state index in [9.17, 15) is 40.7 Å². The molecule has 2 N–H and O–H groups in total. The van der Waals surface area contributed by atoms with Gasteiger partial charge in [-0.1, -0.05) is 23.4 Å². The van der Waals surface area contributed by atoms with Crippen molar-refractivity contribution in [1.29, 1.82) is 0 Å². The number of pyridine rings is 2. The number of rotatable bonds is 11. The second-order valence-electron chi connectivity index (χ2n) is 9.33. The van der Waals surface area contributed by atoms with E-state index >= 15 is 0 Å². The first-order chi connectivity index (χ1) is 20.4. The van der Waals surface area contributed by atoms with E-state index in [1.165, 1.54) is 30.5 Å². The summed E-state index contributed by atoms with van der Waals surface area (Å²) in [4.78, 5) is 40.4. The lowest BCUT2D eigenvalue weighted by Gasteiger charge is -2.12. The normalized spacial score (nSPS) is 12.1. The highest BCUT2D eigenvalue weighted by molar-refractivity contribution is 5.92. The van der Waals surface area contributed by atoms with Gasteiger partial charge in [-0.25, -0.2) is 13.5 Å². The lowest BCUT2D eigenvalue weighted by atomic mass is 10.1. The summed E-state index contributed by atoms with van der Waals surface area (Å²) in [5.41, 5.74) is -2.50. The van der Waals surface area contributed by atoms with Crippen LogP contribution in [0.25, 0.3) is 0 Å². The first kappa shape index (κ1) is 30.9. The third kappa shape index (κ3) is 8.27. The van der Waals surface area contributed by atoms with Gasteiger partial charge >= 0.3 is 6.18 Å². The summed E-state index contributed by atoms with van der Waals surface area (Å²) in [5.74, 6) is -3.38. The summed E-state index contributed by atoms with van der Waals surface area (Å²) in [7, 11) is 0. The maximum atomic E-state index is 14.6. The molecule has 2 amide bonds. The Balaban J connectivity index is 1.27. The van der Waals surface area contributed by atoms with Crippen LogP contribution in [0.5, 0.6) is 0 Å². The average Bonchev–Trinajstić information content (AvgIpc) is 3.43. The number of alkyl halides is 4. The Morgan fingerprint density at radius 2 is 1.84 bits per heavy atom. The Hall–Kier alpha value is -5.02. The molecule has 0 radical (unpaired) electrons. The van der Waals surface area contributed by atoms with Gasteiger partial charge in [-0.3, -0.25) is 19.4 Å². The summed E-state index contributed by atoms with van der Waals surface area (Å²) in [6.07, 6.45) is -2.68. The molecule has 0 spiro atoms. The van der Waals surface area contributed by atoms with E-state index < -0.39 is 52.6 Å². The van der Waals surface area contributed by atoms with E-state index in [2.05, 4.69) is 25.9 Å². The van der Waals surface area contributed by atoms with Gasteiger partial charge < -0.3 is 15.2 Å². The number of hydrogen-bond acceptors (Lipinski definition) is 6. The van der Waals surface area contributed by atoms with Crippen LogP contribution in [0.2, 0.25) is 0 Å². The second kappa shape index (κ2) is 13.3. The van der Waals surface area contributed by atoms with E-state index in [4.69, 9.17) is 0 Å². The van der Waals surface area contributed by atoms with Crippen molar-refractivity contribution >= 4 is 17.5 Å². The summed E-state index contributed by atoms with van der Waals surface area (Å²) in [5, 5.41) is 11.9. The fourth-order valence-electron chi connectivity index (χ4n) is 3.91. The summed E-state index contributed by atoms with van der Waals surface area (Å²) in [6.45, 7) is -0.861. The smallest absolute Gasteiger partial charge is 0.346 e. The molecule has 226 valence electrons. The van der Waals surface area contributed by atoms with Crippen molar-refractivity contribution in [2.75, 3.05) is 5.32 Å². The maximum Gasteiger partial charge on any atom is 0.417 e. The van der Waals surface area contributed by atoms with E-state index in [1.807, 2.05) is 0 Å². The fourth-order valence-corrected chi connectivity index (χ4v) is 3.91. The number of aromatic nitrogens is 5. The van der Waals surface area contributed by atoms with Crippen molar-refractivity contribution in [1.82, 2.24) is 29.9 Å². The molecule has 0 aliphatic rings. The minimum absolute atomic E-state index is 0.0931. The molecule has 0 aliphatic heterocycles. The van der Waals surface area contributed by atoms with Gasteiger partial charge in [-0.2, -0.15) is 17.6 Å². The molecule has 0 saturated carbocycles. The molecule has 43 heavy (non-hydrogen) atoms. The third-order valence-corrected chi connectivity index (χ3v) is 6.10. The lowest BCUT2D eigenvalue weighted by Crippen LogP contribution is -2.27. The number of hydrogen-bond donors (Lipinski definition) is 2. The topological polar surface area (TPSA) is 124 Å². The van der Waals surface area contributed by atoms with Crippen LogP contribution >= 0.6 is 0 Å². The number of anilines is 1. The van der Waals surface area contributed by atoms with Gasteiger partial charge in [0.15, 0.2) is 5.69 Å². The van der Waals surface area contributed by atoms with Gasteiger partial charge in [-0.05, 0) is 35.7 Å². The largest absolute Gasteiger partial charge is 0.417 e. The number of amides is 2. The van der Waals surface area contributed by atoms with E-state index in [0.717, 1.165) is 33.8 Å². The zero-order valence-electron chi connectivity index (χ0n) is 22.1. The standard InChI is InChI=1S/C27H23F6N7O3/c28-19(14-40-15-22(37-38-40)25(42)35-12-16-9-18(13-34-11-16)27(31,32)33)5-7-39-8-6-21(24(30)26(39)43)36-23(41)10-17-3-1-2-4-20(17)29/h1-4,6,8-9,11,13,15,19H,5,7,10,12,14H2,(H,35,42)(H,36,41). The van der Waals surface area contributed by atoms with E-state index in [0.29, 0.717) is 6.20 Å². The van der Waals surface area contributed by atoms with Gasteiger partial charge in [-0.15, -0.1) is 5.10 Å². The van der Waals surface area contributed by atoms with Crippen LogP contribution in [-0.4, -0.2) is 42.5 Å². The Morgan fingerprint density at radius 1 is 1.07 bits per heavy atom. The van der Waals surface area contributed by atoms with Crippen LogP contribution < -0.4 is 16.2 Å². The van der Waals surface area contributed by atoms with Gasteiger partial charge in [0.1, 0.15) is 12.0 Å². The van der Waals surface area contributed by atoms with Gasteiger partial charge in [0.2, 0.25) is 11.7 Å². The van der Waals surface area contributed by atoms with Gasteiger partial charge in [0, 0.05) is 31.7 Å². The third-order valence-electron chi connectivity index (χ3n) is 6.10. The highest BCUT2D eigenvalue weighted by Crippen LogP contribution is 2.28. The summed E-state index contributed by atoms with van der Waals surface area (Å²) in [6, 6.07) is 7.53. The number of benzene rings is 1. The van der Waals surface area contributed by atoms with Crippen LogP contribution in [0.4, 0.5) is 32.0 Å². The maximum absolute atomic E-state index is 14.6. The number of nitrogens with one attached hydrogen (secondary N) is 2. The molecule has 4 aromatic rings. The zero-order chi connectivity index (χ0) is 31.1. The van der Waals surface area contributed by atoms with Crippen molar-refractivity contribution in [3.05, 3.63) is 106 Å². The van der Waals surface area contributed by atoms with Crippen LogP contribution in [-0.2, 0) is 37.0 Å². The first-order valence-electron chi connectivity index (χ1n) is 12.7.